The lowest BCUT2D eigenvalue weighted by Crippen LogP contribution is -2.29. The predicted octanol–water partition coefficient (Wildman–Crippen LogP) is 5.05. The van der Waals surface area contributed by atoms with Crippen molar-refractivity contribution in [3.63, 3.8) is 0 Å². The van der Waals surface area contributed by atoms with E-state index in [0.29, 0.717) is 17.2 Å². The number of benzene rings is 2. The summed E-state index contributed by atoms with van der Waals surface area (Å²) in [5.74, 6) is -0.892. The van der Waals surface area contributed by atoms with E-state index in [-0.39, 0.29) is 21.9 Å². The van der Waals surface area contributed by atoms with E-state index < -0.39 is 17.7 Å². The Morgan fingerprint density at radius 2 is 1.77 bits per heavy atom. The van der Waals surface area contributed by atoms with Crippen LogP contribution in [0.15, 0.2) is 65.6 Å². The molecular formula is C23H18ClNO5S. The Hall–Kier alpha value is -3.29. The molecule has 1 aliphatic heterocycles. The molecule has 1 unspecified atom stereocenters. The molecule has 31 heavy (non-hydrogen) atoms. The second-order valence-electron chi connectivity index (χ2n) is 6.73. The number of anilines is 1. The van der Waals surface area contributed by atoms with Gasteiger partial charge in [-0.05, 0) is 41.8 Å². The largest absolute Gasteiger partial charge is 0.507 e. The summed E-state index contributed by atoms with van der Waals surface area (Å²) in [6.07, 6.45) is 0. The van der Waals surface area contributed by atoms with Crippen molar-refractivity contribution in [2.24, 2.45) is 0 Å². The zero-order valence-electron chi connectivity index (χ0n) is 16.7. The van der Waals surface area contributed by atoms with Crippen LogP contribution in [0.3, 0.4) is 0 Å². The van der Waals surface area contributed by atoms with Gasteiger partial charge in [0.2, 0.25) is 0 Å². The molecule has 1 N–H and O–H groups in total. The van der Waals surface area contributed by atoms with Crippen LogP contribution >= 0.6 is 22.9 Å². The van der Waals surface area contributed by atoms with Gasteiger partial charge in [-0.15, -0.1) is 11.3 Å². The van der Waals surface area contributed by atoms with E-state index in [1.165, 1.54) is 36.5 Å². The number of hydrogen-bond donors (Lipinski definition) is 1. The van der Waals surface area contributed by atoms with Crippen molar-refractivity contribution in [2.75, 3.05) is 19.1 Å². The third-order valence-corrected chi connectivity index (χ3v) is 6.27. The highest BCUT2D eigenvalue weighted by molar-refractivity contribution is 7.10. The van der Waals surface area contributed by atoms with Crippen molar-refractivity contribution in [3.05, 3.63) is 81.0 Å². The minimum Gasteiger partial charge on any atom is -0.507 e. The molecular weight excluding hydrogens is 438 g/mol. The number of aliphatic hydroxyl groups excluding tert-OH is 1. The second-order valence-corrected chi connectivity index (χ2v) is 8.12. The number of aliphatic hydroxyl groups is 1. The van der Waals surface area contributed by atoms with Crippen LogP contribution in [-0.2, 0) is 9.59 Å². The number of thiophene rings is 1. The lowest BCUT2D eigenvalue weighted by molar-refractivity contribution is -0.132. The average Bonchev–Trinajstić information content (AvgIpc) is 3.40. The van der Waals surface area contributed by atoms with E-state index in [9.17, 15) is 14.7 Å². The van der Waals surface area contributed by atoms with Gasteiger partial charge in [-0.2, -0.15) is 0 Å². The first-order valence-electron chi connectivity index (χ1n) is 9.28. The van der Waals surface area contributed by atoms with Crippen molar-refractivity contribution >= 4 is 46.1 Å². The molecule has 1 atom stereocenters. The number of Topliss-reactive ketones (excluding diaryl/α,β-unsaturated/α-hetero) is 1. The highest BCUT2D eigenvalue weighted by atomic mass is 35.5. The summed E-state index contributed by atoms with van der Waals surface area (Å²) < 4.78 is 10.5. The van der Waals surface area contributed by atoms with Gasteiger partial charge in [0, 0.05) is 22.2 Å². The molecule has 0 saturated carbocycles. The van der Waals surface area contributed by atoms with Crippen LogP contribution in [0, 0.1) is 0 Å². The number of rotatable bonds is 5. The number of amides is 1. The molecule has 1 aromatic heterocycles. The topological polar surface area (TPSA) is 76.1 Å². The van der Waals surface area contributed by atoms with Crippen LogP contribution in [0.1, 0.15) is 16.5 Å². The number of carbonyl (C=O) groups excluding carboxylic acids is 2. The molecule has 2 heterocycles. The number of ether oxygens (including phenoxy) is 2. The highest BCUT2D eigenvalue weighted by Gasteiger charge is 2.47. The maximum atomic E-state index is 13.1. The molecule has 1 fully saturated rings. The smallest absolute Gasteiger partial charge is 0.300 e. The first-order valence-corrected chi connectivity index (χ1v) is 10.5. The summed E-state index contributed by atoms with van der Waals surface area (Å²) >= 11 is 7.68. The lowest BCUT2D eigenvalue weighted by Gasteiger charge is -2.24. The normalized spacial score (nSPS) is 17.8. The van der Waals surface area contributed by atoms with E-state index in [4.69, 9.17) is 21.1 Å². The Labute approximate surface area is 187 Å². The first kappa shape index (κ1) is 21.0. The summed E-state index contributed by atoms with van der Waals surface area (Å²) in [7, 11) is 3.01. The van der Waals surface area contributed by atoms with Crippen molar-refractivity contribution in [3.8, 4) is 11.5 Å². The van der Waals surface area contributed by atoms with Crippen molar-refractivity contribution in [1.29, 1.82) is 0 Å². The Morgan fingerprint density at radius 1 is 1.03 bits per heavy atom. The quantitative estimate of drug-likeness (QED) is 0.331. The number of ketones is 1. The molecule has 4 rings (SSSR count). The molecule has 8 heteroatoms. The zero-order chi connectivity index (χ0) is 22.1. The van der Waals surface area contributed by atoms with Crippen molar-refractivity contribution < 1.29 is 24.2 Å². The molecule has 2 aromatic carbocycles. The standard InChI is InChI=1S/C23H18ClNO5S/c1-29-14-6-3-5-13(11-14)25-20(18-7-4-10-31-18)19(22(27)23(25)28)21(26)16-12-15(30-2)8-9-17(16)24/h3-12,20,26H,1-2H3/b21-19-. The Kier molecular flexibility index (Phi) is 5.71. The van der Waals surface area contributed by atoms with Crippen LogP contribution in [0.5, 0.6) is 11.5 Å². The van der Waals surface area contributed by atoms with Gasteiger partial charge in [0.05, 0.1) is 24.8 Å². The SMILES string of the molecule is COc1cccc(N2C(=O)C(=O)/C(=C(\O)c3cc(OC)ccc3Cl)C2c2cccs2)c1. The monoisotopic (exact) mass is 455 g/mol. The Morgan fingerprint density at radius 3 is 2.45 bits per heavy atom. The van der Waals surface area contributed by atoms with E-state index in [2.05, 4.69) is 0 Å². The van der Waals surface area contributed by atoms with Crippen LogP contribution in [0.2, 0.25) is 5.02 Å². The average molecular weight is 456 g/mol. The predicted molar refractivity (Wildman–Crippen MR) is 120 cm³/mol. The molecule has 1 saturated heterocycles. The lowest BCUT2D eigenvalue weighted by atomic mass is 9.99. The van der Waals surface area contributed by atoms with Gasteiger partial charge >= 0.3 is 0 Å². The molecule has 0 bridgehead atoms. The van der Waals surface area contributed by atoms with Crippen molar-refractivity contribution in [1.82, 2.24) is 0 Å². The fourth-order valence-electron chi connectivity index (χ4n) is 3.53. The van der Waals surface area contributed by atoms with E-state index in [1.54, 1.807) is 36.4 Å². The summed E-state index contributed by atoms with van der Waals surface area (Å²) in [6.45, 7) is 0. The maximum absolute atomic E-state index is 13.1. The number of carbonyl (C=O) groups is 2. The third-order valence-electron chi connectivity index (χ3n) is 5.02. The maximum Gasteiger partial charge on any atom is 0.300 e. The summed E-state index contributed by atoms with van der Waals surface area (Å²) in [5.41, 5.74) is 0.660. The molecule has 3 aromatic rings. The number of hydrogen-bond acceptors (Lipinski definition) is 6. The summed E-state index contributed by atoms with van der Waals surface area (Å²) in [4.78, 5) is 28.3. The van der Waals surface area contributed by atoms with E-state index in [1.807, 2.05) is 17.5 Å². The summed E-state index contributed by atoms with van der Waals surface area (Å²) in [6, 6.07) is 14.4. The van der Waals surface area contributed by atoms with Crippen LogP contribution in [0.25, 0.3) is 5.76 Å². The zero-order valence-corrected chi connectivity index (χ0v) is 18.2. The molecule has 1 aliphatic rings. The van der Waals surface area contributed by atoms with Gasteiger partial charge in [0.25, 0.3) is 11.7 Å². The van der Waals surface area contributed by atoms with E-state index in [0.717, 1.165) is 4.88 Å². The van der Waals surface area contributed by atoms with Crippen LogP contribution in [0.4, 0.5) is 5.69 Å². The second kappa shape index (κ2) is 8.45. The Balaban J connectivity index is 1.94. The van der Waals surface area contributed by atoms with Gasteiger partial charge < -0.3 is 14.6 Å². The van der Waals surface area contributed by atoms with Gasteiger partial charge in [0.15, 0.2) is 0 Å². The fourth-order valence-corrected chi connectivity index (χ4v) is 4.56. The van der Waals surface area contributed by atoms with Gasteiger partial charge in [-0.3, -0.25) is 14.5 Å². The summed E-state index contributed by atoms with van der Waals surface area (Å²) in [5, 5.41) is 13.2. The van der Waals surface area contributed by atoms with Crippen LogP contribution in [-0.4, -0.2) is 31.0 Å². The first-order chi connectivity index (χ1) is 15.0. The van der Waals surface area contributed by atoms with Crippen molar-refractivity contribution in [2.45, 2.75) is 6.04 Å². The third kappa shape index (κ3) is 3.66. The molecule has 158 valence electrons. The number of methoxy groups -OCH3 is 2. The molecule has 0 aliphatic carbocycles. The van der Waals surface area contributed by atoms with E-state index >= 15 is 0 Å². The van der Waals surface area contributed by atoms with Gasteiger partial charge in [0.1, 0.15) is 23.3 Å². The van der Waals surface area contributed by atoms with Crippen LogP contribution < -0.4 is 14.4 Å². The number of halogens is 1. The minimum absolute atomic E-state index is 0.0366. The Bertz CT molecular complexity index is 1190. The molecule has 0 radical (unpaired) electrons. The molecule has 6 nitrogen and oxygen atoms in total. The minimum atomic E-state index is -0.811. The van der Waals surface area contributed by atoms with Gasteiger partial charge in [-0.1, -0.05) is 23.7 Å². The highest BCUT2D eigenvalue weighted by Crippen LogP contribution is 2.45. The van der Waals surface area contributed by atoms with Gasteiger partial charge in [-0.25, -0.2) is 0 Å². The number of nitrogens with zero attached hydrogens (tertiary/aromatic N) is 1. The molecule has 1 amide bonds. The fraction of sp³-hybridized carbons (Fsp3) is 0.130. The molecule has 0 spiro atoms.